The van der Waals surface area contributed by atoms with Gasteiger partial charge in [-0.1, -0.05) is 0 Å². The molecule has 0 bridgehead atoms. The van der Waals surface area contributed by atoms with E-state index in [0.29, 0.717) is 37.4 Å². The number of benzene rings is 1. The van der Waals surface area contributed by atoms with Gasteiger partial charge in [-0.2, -0.15) is 0 Å². The molecule has 0 unspecified atom stereocenters. The molecule has 3 rings (SSSR count). The number of methoxy groups -OCH3 is 1. The first-order valence-electron chi connectivity index (χ1n) is 10.5. The van der Waals surface area contributed by atoms with Gasteiger partial charge in [0.1, 0.15) is 29.7 Å². The highest BCUT2D eigenvalue weighted by molar-refractivity contribution is 5.91. The number of alkyl halides is 3. The largest absolute Gasteiger partial charge is 0.573 e. The van der Waals surface area contributed by atoms with Crippen LogP contribution >= 0.6 is 0 Å². The number of urea groups is 1. The van der Waals surface area contributed by atoms with E-state index in [9.17, 15) is 23.1 Å². The maximum atomic E-state index is 12.6. The summed E-state index contributed by atoms with van der Waals surface area (Å²) in [5.74, 6) is 0.550. The highest BCUT2D eigenvalue weighted by Gasteiger charge is 2.32. The lowest BCUT2D eigenvalue weighted by Gasteiger charge is -2.29. The molecule has 2 aromatic rings. The number of rotatable bonds is 8. The lowest BCUT2D eigenvalue weighted by molar-refractivity contribution is -0.274. The van der Waals surface area contributed by atoms with Crippen molar-refractivity contribution in [3.8, 4) is 17.4 Å². The van der Waals surface area contributed by atoms with Gasteiger partial charge in [0.25, 0.3) is 0 Å². The Morgan fingerprint density at radius 1 is 1.18 bits per heavy atom. The van der Waals surface area contributed by atoms with Crippen LogP contribution in [0.2, 0.25) is 0 Å². The lowest BCUT2D eigenvalue weighted by Crippen LogP contribution is -2.41. The van der Waals surface area contributed by atoms with Crippen molar-refractivity contribution in [2.45, 2.75) is 50.8 Å². The number of anilines is 2. The Hall–Kier alpha value is -3.48. The Labute approximate surface area is 193 Å². The average Bonchev–Trinajstić information content (AvgIpc) is 2.79. The van der Waals surface area contributed by atoms with Gasteiger partial charge in [-0.25, -0.2) is 14.8 Å². The molecule has 0 spiro atoms. The maximum absolute atomic E-state index is 12.6. The fourth-order valence-electron chi connectivity index (χ4n) is 3.68. The van der Waals surface area contributed by atoms with Gasteiger partial charge in [0.05, 0.1) is 19.4 Å². The van der Waals surface area contributed by atoms with E-state index in [4.69, 9.17) is 9.47 Å². The number of aromatic nitrogens is 2. The summed E-state index contributed by atoms with van der Waals surface area (Å²) < 4.78 is 52.9. The summed E-state index contributed by atoms with van der Waals surface area (Å²) in [5.41, 5.74) is -0.0322. The zero-order valence-electron chi connectivity index (χ0n) is 18.6. The molecular formula is C21H26F3N5O5. The highest BCUT2D eigenvalue weighted by Crippen LogP contribution is 2.36. The molecule has 1 heterocycles. The molecular weight excluding hydrogens is 459 g/mol. The van der Waals surface area contributed by atoms with Crippen molar-refractivity contribution in [2.24, 2.45) is 0 Å². The number of hydrogen-bond acceptors (Lipinski definition) is 8. The summed E-state index contributed by atoms with van der Waals surface area (Å²) >= 11 is 0. The fraction of sp³-hybridized carbons (Fsp3) is 0.476. The highest BCUT2D eigenvalue weighted by atomic mass is 19.4. The van der Waals surface area contributed by atoms with Crippen LogP contribution in [-0.4, -0.2) is 53.8 Å². The fourth-order valence-corrected chi connectivity index (χ4v) is 3.68. The molecule has 0 atom stereocenters. The zero-order chi connectivity index (χ0) is 24.7. The molecule has 34 heavy (non-hydrogen) atoms. The molecule has 10 nitrogen and oxygen atoms in total. The van der Waals surface area contributed by atoms with Crippen molar-refractivity contribution in [1.82, 2.24) is 15.3 Å². The molecule has 1 fully saturated rings. The van der Waals surface area contributed by atoms with Crippen molar-refractivity contribution < 1.29 is 37.3 Å². The third-order valence-electron chi connectivity index (χ3n) is 5.19. The smallest absolute Gasteiger partial charge is 0.494 e. The first-order chi connectivity index (χ1) is 16.2. The Morgan fingerprint density at radius 3 is 2.53 bits per heavy atom. The number of carbonyl (C=O) groups excluding carboxylic acids is 1. The van der Waals surface area contributed by atoms with Crippen LogP contribution in [0, 0.1) is 0 Å². The van der Waals surface area contributed by atoms with Crippen LogP contribution in [0.4, 0.5) is 29.5 Å². The van der Waals surface area contributed by atoms with E-state index in [1.807, 2.05) is 0 Å². The second kappa shape index (κ2) is 11.1. The van der Waals surface area contributed by atoms with E-state index in [2.05, 4.69) is 30.7 Å². The molecule has 2 amide bonds. The van der Waals surface area contributed by atoms with Crippen LogP contribution in [0.5, 0.6) is 17.4 Å². The molecule has 1 aliphatic rings. The minimum Gasteiger partial charge on any atom is -0.494 e. The van der Waals surface area contributed by atoms with Crippen LogP contribution in [-0.2, 0) is 6.61 Å². The molecule has 0 radical (unpaired) electrons. The molecule has 0 aliphatic heterocycles. The van der Waals surface area contributed by atoms with Gasteiger partial charge in [0, 0.05) is 30.8 Å². The second-order valence-electron chi connectivity index (χ2n) is 7.55. The predicted octanol–water partition coefficient (Wildman–Crippen LogP) is 3.43. The Morgan fingerprint density at radius 2 is 1.91 bits per heavy atom. The molecule has 0 saturated heterocycles. The molecule has 13 heteroatoms. The van der Waals surface area contributed by atoms with E-state index >= 15 is 0 Å². The number of nitrogens with one attached hydrogen (secondary N) is 3. The summed E-state index contributed by atoms with van der Waals surface area (Å²) in [4.78, 5) is 20.7. The van der Waals surface area contributed by atoms with Crippen LogP contribution in [0.1, 0.15) is 31.2 Å². The number of carbonyl (C=O) groups is 1. The lowest BCUT2D eigenvalue weighted by atomic mass is 9.93. The molecule has 4 N–H and O–H groups in total. The van der Waals surface area contributed by atoms with Crippen LogP contribution in [0.3, 0.4) is 0 Å². The summed E-state index contributed by atoms with van der Waals surface area (Å²) in [7, 11) is 3.02. The topological polar surface area (TPSA) is 127 Å². The predicted molar refractivity (Wildman–Crippen MR) is 116 cm³/mol. The van der Waals surface area contributed by atoms with Gasteiger partial charge in [0.15, 0.2) is 0 Å². The van der Waals surface area contributed by atoms with Crippen molar-refractivity contribution in [1.29, 1.82) is 0 Å². The van der Waals surface area contributed by atoms with Crippen LogP contribution in [0.25, 0.3) is 0 Å². The molecule has 1 aromatic heterocycles. The monoisotopic (exact) mass is 485 g/mol. The summed E-state index contributed by atoms with van der Waals surface area (Å²) in [6, 6.07) is 2.90. The van der Waals surface area contributed by atoms with E-state index in [-0.39, 0.29) is 29.1 Å². The number of ether oxygens (including phenoxy) is 3. The Bertz CT molecular complexity index is 984. The Balaban J connectivity index is 1.58. The SMILES string of the molecule is CNc1cc(OC2CCC(NC(=O)Nc3cc(OC(F)(F)F)cc(CO)c3OC)CC2)ncn1. The van der Waals surface area contributed by atoms with E-state index in [1.54, 1.807) is 13.1 Å². The number of nitrogens with zero attached hydrogens (tertiary/aromatic N) is 2. The average molecular weight is 485 g/mol. The van der Waals surface area contributed by atoms with Gasteiger partial charge >= 0.3 is 12.4 Å². The second-order valence-corrected chi connectivity index (χ2v) is 7.55. The standard InChI is InChI=1S/C21H26F3N5O5/c1-25-17-9-18(27-11-26-17)33-14-5-3-13(4-6-14)28-20(31)29-16-8-15(34-21(22,23)24)7-12(10-30)19(16)32-2/h7-9,11,13-14,30H,3-6,10H2,1-2H3,(H,25,26,27)(H2,28,29,31). The number of aliphatic hydroxyl groups excluding tert-OH is 1. The maximum Gasteiger partial charge on any atom is 0.573 e. The number of aliphatic hydroxyl groups is 1. The van der Waals surface area contributed by atoms with Crippen molar-refractivity contribution >= 4 is 17.5 Å². The third-order valence-corrected chi connectivity index (χ3v) is 5.19. The Kier molecular flexibility index (Phi) is 8.21. The molecule has 1 aliphatic carbocycles. The van der Waals surface area contributed by atoms with Gasteiger partial charge in [0.2, 0.25) is 5.88 Å². The number of hydrogen-bond donors (Lipinski definition) is 4. The van der Waals surface area contributed by atoms with Crippen LogP contribution < -0.4 is 30.2 Å². The summed E-state index contributed by atoms with van der Waals surface area (Å²) in [6.07, 6.45) is -0.959. The normalized spacial score (nSPS) is 18.1. The number of halogens is 3. The minimum absolute atomic E-state index is 0.0309. The van der Waals surface area contributed by atoms with Crippen molar-refractivity contribution in [3.63, 3.8) is 0 Å². The van der Waals surface area contributed by atoms with E-state index < -0.39 is 24.7 Å². The molecule has 1 saturated carbocycles. The molecule has 1 aromatic carbocycles. The quantitative estimate of drug-likeness (QED) is 0.448. The third kappa shape index (κ3) is 7.01. The van der Waals surface area contributed by atoms with E-state index in [0.717, 1.165) is 12.1 Å². The summed E-state index contributed by atoms with van der Waals surface area (Å²) in [6.45, 7) is -0.610. The van der Waals surface area contributed by atoms with Gasteiger partial charge in [-0.15, -0.1) is 13.2 Å². The molecule has 186 valence electrons. The minimum atomic E-state index is -4.93. The van der Waals surface area contributed by atoms with Gasteiger partial charge in [-0.3, -0.25) is 0 Å². The van der Waals surface area contributed by atoms with E-state index in [1.165, 1.54) is 13.4 Å². The number of amides is 2. The van der Waals surface area contributed by atoms with Crippen LogP contribution in [0.15, 0.2) is 24.5 Å². The van der Waals surface area contributed by atoms with Gasteiger partial charge < -0.3 is 35.3 Å². The first kappa shape index (κ1) is 25.1. The zero-order valence-corrected chi connectivity index (χ0v) is 18.6. The van der Waals surface area contributed by atoms with Crippen molar-refractivity contribution in [3.05, 3.63) is 30.1 Å². The van der Waals surface area contributed by atoms with Crippen molar-refractivity contribution in [2.75, 3.05) is 24.8 Å². The van der Waals surface area contributed by atoms with Gasteiger partial charge in [-0.05, 0) is 31.7 Å². The summed E-state index contributed by atoms with van der Waals surface area (Å²) in [5, 5.41) is 17.7. The first-order valence-corrected chi connectivity index (χ1v) is 10.5.